The Hall–Kier alpha value is -2.12. The molecule has 3 aromatic rings. The number of methoxy groups -OCH3 is 1. The lowest BCUT2D eigenvalue weighted by Crippen LogP contribution is -2.19. The number of rotatable bonds is 5. The number of aryl methyl sites for hydroxylation is 1. The van der Waals surface area contributed by atoms with Gasteiger partial charge in [0.1, 0.15) is 10.4 Å². The molecular formula is C17H16N2O3S2. The number of thiophene rings is 1. The number of thioether (sulfide) groups is 1. The van der Waals surface area contributed by atoms with Gasteiger partial charge in [0.25, 0.3) is 5.56 Å². The topological polar surface area (TPSA) is 61.2 Å². The molecule has 0 unspecified atom stereocenters. The molecule has 3 rings (SSSR count). The molecule has 0 fully saturated rings. The van der Waals surface area contributed by atoms with Crippen LogP contribution in [0.3, 0.4) is 0 Å². The zero-order valence-corrected chi connectivity index (χ0v) is 15.2. The second kappa shape index (κ2) is 6.78. The summed E-state index contributed by atoms with van der Waals surface area (Å²) in [5.41, 5.74) is 2.13. The van der Waals surface area contributed by atoms with Gasteiger partial charge in [0, 0.05) is 7.05 Å². The minimum atomic E-state index is -0.0851. The average molecular weight is 360 g/mol. The maximum atomic E-state index is 12.5. The van der Waals surface area contributed by atoms with Crippen LogP contribution in [-0.2, 0) is 7.05 Å². The van der Waals surface area contributed by atoms with E-state index in [0.717, 1.165) is 5.56 Å². The van der Waals surface area contributed by atoms with Crippen molar-refractivity contribution in [3.8, 4) is 5.75 Å². The first-order valence-electron chi connectivity index (χ1n) is 7.26. The number of hydrogen-bond acceptors (Lipinski definition) is 6. The second-order valence-electron chi connectivity index (χ2n) is 5.31. The van der Waals surface area contributed by atoms with E-state index in [1.165, 1.54) is 27.7 Å². The minimum absolute atomic E-state index is 0.0554. The number of ketones is 1. The summed E-state index contributed by atoms with van der Waals surface area (Å²) in [6, 6.07) is 7.32. The van der Waals surface area contributed by atoms with E-state index in [1.807, 2.05) is 30.5 Å². The van der Waals surface area contributed by atoms with Crippen molar-refractivity contribution in [2.75, 3.05) is 12.9 Å². The van der Waals surface area contributed by atoms with Crippen LogP contribution in [0, 0.1) is 6.92 Å². The van der Waals surface area contributed by atoms with Crippen molar-refractivity contribution in [1.82, 2.24) is 9.55 Å². The Balaban J connectivity index is 1.86. The van der Waals surface area contributed by atoms with Gasteiger partial charge < -0.3 is 4.74 Å². The zero-order chi connectivity index (χ0) is 17.3. The number of carbonyl (C=O) groups excluding carboxylic acids is 1. The highest BCUT2D eigenvalue weighted by Crippen LogP contribution is 2.24. The highest BCUT2D eigenvalue weighted by Gasteiger charge is 2.15. The van der Waals surface area contributed by atoms with Crippen molar-refractivity contribution >= 4 is 39.1 Å². The monoisotopic (exact) mass is 360 g/mol. The summed E-state index contributed by atoms with van der Waals surface area (Å²) in [6.45, 7) is 1.93. The number of Topliss-reactive ketones (excluding diaryl/α,β-unsaturated/α-hetero) is 1. The summed E-state index contributed by atoms with van der Waals surface area (Å²) < 4.78 is 7.39. The fraction of sp³-hybridized carbons (Fsp3) is 0.235. The third-order valence-corrected chi connectivity index (χ3v) is 5.56. The van der Waals surface area contributed by atoms with Gasteiger partial charge in [-0.3, -0.25) is 14.2 Å². The third-order valence-electron chi connectivity index (χ3n) is 3.63. The summed E-state index contributed by atoms with van der Waals surface area (Å²) in [5.74, 6) is 0.692. The smallest absolute Gasteiger partial charge is 0.271 e. The van der Waals surface area contributed by atoms with Crippen LogP contribution in [0.15, 0.2) is 39.6 Å². The summed E-state index contributed by atoms with van der Waals surface area (Å²) >= 11 is 2.63. The zero-order valence-electron chi connectivity index (χ0n) is 13.5. The van der Waals surface area contributed by atoms with E-state index in [4.69, 9.17) is 4.74 Å². The van der Waals surface area contributed by atoms with E-state index >= 15 is 0 Å². The maximum absolute atomic E-state index is 12.5. The number of nitrogens with zero attached hydrogens (tertiary/aromatic N) is 2. The van der Waals surface area contributed by atoms with Crippen molar-refractivity contribution in [3.63, 3.8) is 0 Å². The van der Waals surface area contributed by atoms with Crippen LogP contribution in [0.25, 0.3) is 10.2 Å². The molecule has 2 aromatic heterocycles. The normalized spacial score (nSPS) is 11.0. The molecule has 0 saturated carbocycles. The Morgan fingerprint density at radius 2 is 2.17 bits per heavy atom. The van der Waals surface area contributed by atoms with Crippen LogP contribution in [0.1, 0.15) is 15.9 Å². The maximum Gasteiger partial charge on any atom is 0.271 e. The SMILES string of the molecule is COc1ccc(C)cc1C(=O)CSc1nc2ccsc2c(=O)n1C. The standard InChI is InChI=1S/C17H16N2O3S2/c1-10-4-5-14(22-3)11(8-10)13(20)9-24-17-18-12-6-7-23-15(12)16(21)19(17)2/h4-8H,9H2,1-3H3. The van der Waals surface area contributed by atoms with Gasteiger partial charge in [-0.25, -0.2) is 4.98 Å². The summed E-state index contributed by atoms with van der Waals surface area (Å²) in [7, 11) is 3.22. The fourth-order valence-corrected chi connectivity index (χ4v) is 4.00. The first kappa shape index (κ1) is 16.7. The lowest BCUT2D eigenvalue weighted by molar-refractivity contribution is 0.101. The summed E-state index contributed by atoms with van der Waals surface area (Å²) in [4.78, 5) is 29.3. The first-order chi connectivity index (χ1) is 11.5. The van der Waals surface area contributed by atoms with E-state index in [0.29, 0.717) is 26.7 Å². The molecule has 0 aliphatic rings. The van der Waals surface area contributed by atoms with Gasteiger partial charge in [-0.15, -0.1) is 11.3 Å². The molecule has 7 heteroatoms. The number of benzene rings is 1. The second-order valence-corrected chi connectivity index (χ2v) is 7.17. The molecule has 0 aliphatic carbocycles. The van der Waals surface area contributed by atoms with Crippen molar-refractivity contribution in [3.05, 3.63) is 51.1 Å². The number of ether oxygens (including phenoxy) is 1. The average Bonchev–Trinajstić information content (AvgIpc) is 3.05. The molecule has 1 aromatic carbocycles. The Kier molecular flexibility index (Phi) is 4.73. The van der Waals surface area contributed by atoms with Crippen molar-refractivity contribution in [2.45, 2.75) is 12.1 Å². The molecular weight excluding hydrogens is 344 g/mol. The summed E-state index contributed by atoms with van der Waals surface area (Å²) in [6.07, 6.45) is 0. The van der Waals surface area contributed by atoms with E-state index in [9.17, 15) is 9.59 Å². The molecule has 0 saturated heterocycles. The number of carbonyl (C=O) groups is 1. The third kappa shape index (κ3) is 3.09. The Morgan fingerprint density at radius 1 is 1.38 bits per heavy atom. The van der Waals surface area contributed by atoms with Crippen molar-refractivity contribution < 1.29 is 9.53 Å². The number of fused-ring (bicyclic) bond motifs is 1. The van der Waals surface area contributed by atoms with Gasteiger partial charge in [-0.05, 0) is 30.5 Å². The highest BCUT2D eigenvalue weighted by atomic mass is 32.2. The molecule has 124 valence electrons. The van der Waals surface area contributed by atoms with Crippen LogP contribution < -0.4 is 10.3 Å². The lowest BCUT2D eigenvalue weighted by atomic mass is 10.1. The van der Waals surface area contributed by atoms with E-state index in [-0.39, 0.29) is 17.1 Å². The van der Waals surface area contributed by atoms with Gasteiger partial charge in [0.2, 0.25) is 0 Å². The molecule has 2 heterocycles. The molecule has 0 atom stereocenters. The van der Waals surface area contributed by atoms with Gasteiger partial charge in [-0.2, -0.15) is 0 Å². The predicted molar refractivity (Wildman–Crippen MR) is 97.6 cm³/mol. The molecule has 0 amide bonds. The highest BCUT2D eigenvalue weighted by molar-refractivity contribution is 7.99. The van der Waals surface area contributed by atoms with Crippen LogP contribution in [-0.4, -0.2) is 28.2 Å². The first-order valence-corrected chi connectivity index (χ1v) is 9.12. The molecule has 24 heavy (non-hydrogen) atoms. The van der Waals surface area contributed by atoms with Gasteiger partial charge in [0.05, 0.1) is 23.9 Å². The number of aromatic nitrogens is 2. The Labute approximate surface area is 147 Å². The Morgan fingerprint density at radius 3 is 2.92 bits per heavy atom. The fourth-order valence-electron chi connectivity index (χ4n) is 2.34. The molecule has 5 nitrogen and oxygen atoms in total. The van der Waals surface area contributed by atoms with Crippen LogP contribution >= 0.6 is 23.1 Å². The van der Waals surface area contributed by atoms with Crippen LogP contribution in [0.4, 0.5) is 0 Å². The molecule has 0 radical (unpaired) electrons. The quantitative estimate of drug-likeness (QED) is 0.397. The lowest BCUT2D eigenvalue weighted by Gasteiger charge is -2.09. The minimum Gasteiger partial charge on any atom is -0.496 e. The van der Waals surface area contributed by atoms with E-state index in [2.05, 4.69) is 4.98 Å². The van der Waals surface area contributed by atoms with Gasteiger partial charge >= 0.3 is 0 Å². The largest absolute Gasteiger partial charge is 0.496 e. The van der Waals surface area contributed by atoms with E-state index < -0.39 is 0 Å². The van der Waals surface area contributed by atoms with E-state index in [1.54, 1.807) is 20.2 Å². The number of hydrogen-bond donors (Lipinski definition) is 0. The van der Waals surface area contributed by atoms with Crippen molar-refractivity contribution in [1.29, 1.82) is 0 Å². The molecule has 0 bridgehead atoms. The molecule has 0 aliphatic heterocycles. The van der Waals surface area contributed by atoms with Gasteiger partial charge in [0.15, 0.2) is 10.9 Å². The van der Waals surface area contributed by atoms with Crippen LogP contribution in [0.5, 0.6) is 5.75 Å². The summed E-state index contributed by atoms with van der Waals surface area (Å²) in [5, 5.41) is 2.38. The van der Waals surface area contributed by atoms with Crippen LogP contribution in [0.2, 0.25) is 0 Å². The predicted octanol–water partition coefficient (Wildman–Crippen LogP) is 3.29. The van der Waals surface area contributed by atoms with Gasteiger partial charge in [-0.1, -0.05) is 23.4 Å². The van der Waals surface area contributed by atoms with Crippen molar-refractivity contribution in [2.24, 2.45) is 7.05 Å². The molecule has 0 N–H and O–H groups in total. The molecule has 0 spiro atoms. The Bertz CT molecular complexity index is 976.